The highest BCUT2D eigenvalue weighted by Crippen LogP contribution is 2.29. The maximum absolute atomic E-state index is 12.9. The zero-order valence-corrected chi connectivity index (χ0v) is 14.4. The van der Waals surface area contributed by atoms with Crippen LogP contribution in [0.2, 0.25) is 0 Å². The molecular weight excluding hydrogens is 330 g/mol. The molecule has 26 heavy (non-hydrogen) atoms. The van der Waals surface area contributed by atoms with Gasteiger partial charge < -0.3 is 5.32 Å². The van der Waals surface area contributed by atoms with Gasteiger partial charge in [-0.25, -0.2) is 4.79 Å². The Hall–Kier alpha value is -3.46. The number of benzene rings is 2. The number of nitriles is 1. The second-order valence-electron chi connectivity index (χ2n) is 6.43. The number of carbonyl (C=O) groups is 3. The molecule has 2 aromatic carbocycles. The predicted molar refractivity (Wildman–Crippen MR) is 94.3 cm³/mol. The summed E-state index contributed by atoms with van der Waals surface area (Å²) in [4.78, 5) is 38.5. The number of urea groups is 1. The fourth-order valence-electron chi connectivity index (χ4n) is 2.91. The number of ketones is 1. The Morgan fingerprint density at radius 2 is 1.88 bits per heavy atom. The van der Waals surface area contributed by atoms with Crippen molar-refractivity contribution < 1.29 is 14.4 Å². The van der Waals surface area contributed by atoms with E-state index in [2.05, 4.69) is 5.32 Å². The molecule has 0 radical (unpaired) electrons. The van der Waals surface area contributed by atoms with Crippen LogP contribution in [0.3, 0.4) is 0 Å². The summed E-state index contributed by atoms with van der Waals surface area (Å²) in [6.07, 6.45) is 0. The number of nitrogens with zero attached hydrogens (tertiary/aromatic N) is 2. The number of hydrogen-bond acceptors (Lipinski definition) is 4. The van der Waals surface area contributed by atoms with Crippen molar-refractivity contribution in [3.63, 3.8) is 0 Å². The molecule has 1 heterocycles. The van der Waals surface area contributed by atoms with Crippen LogP contribution in [0.25, 0.3) is 0 Å². The Labute approximate surface area is 151 Å². The minimum absolute atomic E-state index is 0.316. The lowest BCUT2D eigenvalue weighted by atomic mass is 9.91. The molecule has 0 bridgehead atoms. The summed E-state index contributed by atoms with van der Waals surface area (Å²) >= 11 is 0. The number of rotatable bonds is 4. The number of aryl methyl sites for hydroxylation is 1. The number of nitrogens with one attached hydrogen (secondary N) is 1. The van der Waals surface area contributed by atoms with Gasteiger partial charge in [0.25, 0.3) is 5.91 Å². The zero-order valence-electron chi connectivity index (χ0n) is 14.4. The van der Waals surface area contributed by atoms with Crippen LogP contribution in [0.1, 0.15) is 34.0 Å². The standard InChI is InChI=1S/C20H17N3O3/c1-13-6-8-15(9-7-13)17(24)12-23-18(25)20(2,22-19(23)26)16-5-3-4-14(10-16)11-21/h3-10H,12H2,1-2H3,(H,22,26)/t20-/m1/s1. The Bertz CT molecular complexity index is 944. The third-order valence-electron chi connectivity index (χ3n) is 4.52. The van der Waals surface area contributed by atoms with Gasteiger partial charge in [-0.15, -0.1) is 0 Å². The first-order valence-corrected chi connectivity index (χ1v) is 8.10. The van der Waals surface area contributed by atoms with Crippen molar-refractivity contribution in [2.24, 2.45) is 0 Å². The molecule has 130 valence electrons. The Morgan fingerprint density at radius 1 is 1.19 bits per heavy atom. The van der Waals surface area contributed by atoms with Gasteiger partial charge in [0.05, 0.1) is 18.2 Å². The number of hydrogen-bond donors (Lipinski definition) is 1. The average Bonchev–Trinajstić information content (AvgIpc) is 2.86. The van der Waals surface area contributed by atoms with Gasteiger partial charge in [0.15, 0.2) is 5.78 Å². The molecule has 1 N–H and O–H groups in total. The van der Waals surface area contributed by atoms with E-state index >= 15 is 0 Å². The van der Waals surface area contributed by atoms with Crippen LogP contribution in [-0.4, -0.2) is 29.2 Å². The van der Waals surface area contributed by atoms with Crippen molar-refractivity contribution in [1.82, 2.24) is 10.2 Å². The minimum atomic E-state index is -1.31. The van der Waals surface area contributed by atoms with E-state index in [-0.39, 0.29) is 12.3 Å². The molecule has 0 aromatic heterocycles. The molecule has 6 heteroatoms. The highest BCUT2D eigenvalue weighted by atomic mass is 16.2. The molecule has 0 aliphatic carbocycles. The van der Waals surface area contributed by atoms with Crippen molar-refractivity contribution in [2.75, 3.05) is 6.54 Å². The smallest absolute Gasteiger partial charge is 0.319 e. The lowest BCUT2D eigenvalue weighted by Gasteiger charge is -2.22. The average molecular weight is 347 g/mol. The molecular formula is C20H17N3O3. The highest BCUT2D eigenvalue weighted by molar-refractivity contribution is 6.11. The molecule has 0 spiro atoms. The van der Waals surface area contributed by atoms with E-state index in [1.54, 1.807) is 55.5 Å². The van der Waals surface area contributed by atoms with Crippen molar-refractivity contribution >= 4 is 17.7 Å². The maximum Gasteiger partial charge on any atom is 0.325 e. The van der Waals surface area contributed by atoms with E-state index in [1.807, 2.05) is 13.0 Å². The van der Waals surface area contributed by atoms with Gasteiger partial charge in [0, 0.05) is 5.56 Å². The number of Topliss-reactive ketones (excluding diaryl/α,β-unsaturated/α-hetero) is 1. The predicted octanol–water partition coefficient (Wildman–Crippen LogP) is 2.52. The summed E-state index contributed by atoms with van der Waals surface area (Å²) in [5.41, 5.74) is 1.04. The zero-order chi connectivity index (χ0) is 18.9. The molecule has 1 aliphatic rings. The van der Waals surface area contributed by atoms with Gasteiger partial charge in [-0.1, -0.05) is 42.0 Å². The topological polar surface area (TPSA) is 90.3 Å². The summed E-state index contributed by atoms with van der Waals surface area (Å²) in [6, 6.07) is 14.8. The second-order valence-corrected chi connectivity index (χ2v) is 6.43. The van der Waals surface area contributed by atoms with Gasteiger partial charge in [-0.05, 0) is 31.5 Å². The van der Waals surface area contributed by atoms with E-state index < -0.39 is 17.5 Å². The Balaban J connectivity index is 1.85. The van der Waals surface area contributed by atoms with Gasteiger partial charge >= 0.3 is 6.03 Å². The van der Waals surface area contributed by atoms with Crippen molar-refractivity contribution in [2.45, 2.75) is 19.4 Å². The second kappa shape index (κ2) is 6.45. The molecule has 0 saturated carbocycles. The first kappa shape index (κ1) is 17.4. The van der Waals surface area contributed by atoms with Crippen molar-refractivity contribution in [1.29, 1.82) is 5.26 Å². The lowest BCUT2D eigenvalue weighted by Crippen LogP contribution is -2.41. The molecule has 3 rings (SSSR count). The summed E-state index contributed by atoms with van der Waals surface area (Å²) in [5, 5.41) is 11.7. The lowest BCUT2D eigenvalue weighted by molar-refractivity contribution is -0.130. The quantitative estimate of drug-likeness (QED) is 0.680. The molecule has 2 aromatic rings. The summed E-state index contributed by atoms with van der Waals surface area (Å²) in [6.45, 7) is 3.15. The van der Waals surface area contributed by atoms with Crippen LogP contribution in [-0.2, 0) is 10.3 Å². The van der Waals surface area contributed by atoms with E-state index in [9.17, 15) is 14.4 Å². The number of amides is 3. The normalized spacial score (nSPS) is 19.2. The highest BCUT2D eigenvalue weighted by Gasteiger charge is 2.49. The maximum atomic E-state index is 12.9. The van der Waals surface area contributed by atoms with Gasteiger partial charge in [-0.3, -0.25) is 14.5 Å². The largest absolute Gasteiger partial charge is 0.325 e. The molecule has 1 fully saturated rings. The van der Waals surface area contributed by atoms with Crippen LogP contribution in [0, 0.1) is 18.3 Å². The van der Waals surface area contributed by atoms with E-state index in [1.165, 1.54) is 0 Å². The fraction of sp³-hybridized carbons (Fsp3) is 0.200. The molecule has 1 saturated heterocycles. The number of carbonyl (C=O) groups excluding carboxylic acids is 3. The molecule has 6 nitrogen and oxygen atoms in total. The van der Waals surface area contributed by atoms with Crippen LogP contribution in [0.4, 0.5) is 4.79 Å². The summed E-state index contributed by atoms with van der Waals surface area (Å²) < 4.78 is 0. The van der Waals surface area contributed by atoms with Gasteiger partial charge in [0.2, 0.25) is 0 Å². The molecule has 3 amide bonds. The van der Waals surface area contributed by atoms with E-state index in [4.69, 9.17) is 5.26 Å². The third kappa shape index (κ3) is 2.95. The first-order valence-electron chi connectivity index (χ1n) is 8.10. The summed E-state index contributed by atoms with van der Waals surface area (Å²) in [5.74, 6) is -0.832. The Morgan fingerprint density at radius 3 is 2.54 bits per heavy atom. The SMILES string of the molecule is Cc1ccc(C(=O)CN2C(=O)N[C@](C)(c3cccc(C#N)c3)C2=O)cc1. The van der Waals surface area contributed by atoms with Gasteiger partial charge in [0.1, 0.15) is 5.54 Å². The minimum Gasteiger partial charge on any atom is -0.319 e. The fourth-order valence-corrected chi connectivity index (χ4v) is 2.91. The van der Waals surface area contributed by atoms with Crippen LogP contribution in [0.5, 0.6) is 0 Å². The molecule has 0 unspecified atom stereocenters. The van der Waals surface area contributed by atoms with Gasteiger partial charge in [-0.2, -0.15) is 5.26 Å². The third-order valence-corrected chi connectivity index (χ3v) is 4.52. The van der Waals surface area contributed by atoms with E-state index in [0.29, 0.717) is 16.7 Å². The van der Waals surface area contributed by atoms with Crippen molar-refractivity contribution in [3.8, 4) is 6.07 Å². The summed E-state index contributed by atoms with van der Waals surface area (Å²) in [7, 11) is 0. The van der Waals surface area contributed by atoms with Crippen molar-refractivity contribution in [3.05, 3.63) is 70.8 Å². The van der Waals surface area contributed by atoms with Crippen LogP contribution < -0.4 is 5.32 Å². The molecule has 1 aliphatic heterocycles. The van der Waals surface area contributed by atoms with Crippen LogP contribution in [0.15, 0.2) is 48.5 Å². The number of imide groups is 1. The van der Waals surface area contributed by atoms with Crippen LogP contribution >= 0.6 is 0 Å². The van der Waals surface area contributed by atoms with E-state index in [0.717, 1.165) is 10.5 Å². The first-order chi connectivity index (χ1) is 12.3. The monoisotopic (exact) mass is 347 g/mol. The molecule has 1 atom stereocenters. The Kier molecular flexibility index (Phi) is 4.31.